The average molecular weight is 353 g/mol. The molecule has 3 rings (SSSR count). The molecule has 7 heteroatoms. The number of halogens is 3. The van der Waals surface area contributed by atoms with E-state index in [9.17, 15) is 14.0 Å². The summed E-state index contributed by atoms with van der Waals surface area (Å²) in [7, 11) is 0. The van der Waals surface area contributed by atoms with E-state index in [0.29, 0.717) is 10.7 Å². The van der Waals surface area contributed by atoms with E-state index in [2.05, 4.69) is 5.32 Å². The molecule has 0 aromatic heterocycles. The highest BCUT2D eigenvalue weighted by Gasteiger charge is 2.39. The number of benzene rings is 2. The van der Waals surface area contributed by atoms with Crippen molar-refractivity contribution < 1.29 is 14.0 Å². The molecule has 2 amide bonds. The lowest BCUT2D eigenvalue weighted by Crippen LogP contribution is -2.34. The van der Waals surface area contributed by atoms with Gasteiger partial charge >= 0.3 is 0 Å². The second-order valence-corrected chi connectivity index (χ2v) is 5.83. The van der Waals surface area contributed by atoms with E-state index in [1.165, 1.54) is 18.2 Å². The third kappa shape index (κ3) is 3.02. The summed E-state index contributed by atoms with van der Waals surface area (Å²) < 4.78 is 13.3. The van der Waals surface area contributed by atoms with Gasteiger partial charge in [0.2, 0.25) is 5.91 Å². The van der Waals surface area contributed by atoms with Gasteiger partial charge in [-0.25, -0.2) is 9.29 Å². The molecule has 0 bridgehead atoms. The van der Waals surface area contributed by atoms with E-state index < -0.39 is 23.7 Å². The quantitative estimate of drug-likeness (QED) is 0.852. The summed E-state index contributed by atoms with van der Waals surface area (Å²) in [5.74, 6) is -1.38. The number of nitrogens with one attached hydrogen (secondary N) is 1. The number of carbonyl (C=O) groups excluding carboxylic acids is 2. The van der Waals surface area contributed by atoms with Crippen molar-refractivity contribution in [1.29, 1.82) is 0 Å². The molecule has 118 valence electrons. The third-order valence-electron chi connectivity index (χ3n) is 3.49. The predicted molar refractivity (Wildman–Crippen MR) is 87.4 cm³/mol. The summed E-state index contributed by atoms with van der Waals surface area (Å²) in [6, 6.07) is 9.53. The van der Waals surface area contributed by atoms with E-state index in [1.807, 2.05) is 0 Å². The van der Waals surface area contributed by atoms with Gasteiger partial charge in [0.25, 0.3) is 5.91 Å². The first-order chi connectivity index (χ1) is 11.0. The number of hydrogen-bond donors (Lipinski definition) is 1. The van der Waals surface area contributed by atoms with Crippen molar-refractivity contribution in [1.82, 2.24) is 0 Å². The van der Waals surface area contributed by atoms with E-state index >= 15 is 0 Å². The summed E-state index contributed by atoms with van der Waals surface area (Å²) in [5.41, 5.74) is 0.674. The first kappa shape index (κ1) is 15.8. The largest absolute Gasteiger partial charge is 0.372 e. The Morgan fingerprint density at radius 1 is 1.13 bits per heavy atom. The number of hydrogen-bond acceptors (Lipinski definition) is 3. The molecule has 1 saturated heterocycles. The van der Waals surface area contributed by atoms with E-state index in [1.54, 1.807) is 18.2 Å². The zero-order valence-electron chi connectivity index (χ0n) is 11.7. The fourth-order valence-electron chi connectivity index (χ4n) is 2.43. The highest BCUT2D eigenvalue weighted by Crippen LogP contribution is 2.32. The number of anilines is 2. The highest BCUT2D eigenvalue weighted by molar-refractivity contribution is 6.43. The van der Waals surface area contributed by atoms with Gasteiger partial charge in [-0.1, -0.05) is 35.3 Å². The smallest absolute Gasteiger partial charge is 0.256 e. The van der Waals surface area contributed by atoms with Crippen molar-refractivity contribution in [3.63, 3.8) is 0 Å². The van der Waals surface area contributed by atoms with Crippen molar-refractivity contribution in [2.45, 2.75) is 12.5 Å². The minimum atomic E-state index is -0.776. The van der Waals surface area contributed by atoms with E-state index in [0.717, 1.165) is 11.0 Å². The van der Waals surface area contributed by atoms with Gasteiger partial charge < -0.3 is 5.32 Å². The van der Waals surface area contributed by atoms with Gasteiger partial charge in [-0.3, -0.25) is 9.59 Å². The molecule has 1 atom stereocenters. The molecule has 4 nitrogen and oxygen atoms in total. The maximum atomic E-state index is 13.3. The molecule has 1 heterocycles. The van der Waals surface area contributed by atoms with Gasteiger partial charge in [0.1, 0.15) is 11.9 Å². The molecule has 2 aromatic carbocycles. The number of nitrogens with zero attached hydrogens (tertiary/aromatic N) is 1. The molecule has 1 fully saturated rings. The fraction of sp³-hybridized carbons (Fsp3) is 0.125. The molecule has 1 N–H and O–H groups in total. The Kier molecular flexibility index (Phi) is 4.24. The Labute approximate surface area is 141 Å². The van der Waals surface area contributed by atoms with Crippen LogP contribution >= 0.6 is 23.2 Å². The first-order valence-electron chi connectivity index (χ1n) is 6.80. The van der Waals surface area contributed by atoms with Gasteiger partial charge in [0.05, 0.1) is 27.8 Å². The summed E-state index contributed by atoms with van der Waals surface area (Å²) in [4.78, 5) is 25.6. The fourth-order valence-corrected chi connectivity index (χ4v) is 2.79. The van der Waals surface area contributed by atoms with Crippen LogP contribution < -0.4 is 10.2 Å². The van der Waals surface area contributed by atoms with Crippen molar-refractivity contribution in [3.05, 3.63) is 58.3 Å². The minimum absolute atomic E-state index is 0.0435. The van der Waals surface area contributed by atoms with Crippen LogP contribution in [0.25, 0.3) is 0 Å². The Bertz CT molecular complexity index is 797. The molecule has 0 radical (unpaired) electrons. The Balaban J connectivity index is 1.85. The van der Waals surface area contributed by atoms with Crippen LogP contribution in [-0.4, -0.2) is 17.9 Å². The van der Waals surface area contributed by atoms with Crippen molar-refractivity contribution in [2.24, 2.45) is 0 Å². The minimum Gasteiger partial charge on any atom is -0.372 e. The average Bonchev–Trinajstić information content (AvgIpc) is 2.78. The van der Waals surface area contributed by atoms with Crippen LogP contribution in [0.3, 0.4) is 0 Å². The summed E-state index contributed by atoms with van der Waals surface area (Å²) >= 11 is 12.0. The van der Waals surface area contributed by atoms with Crippen LogP contribution in [0.4, 0.5) is 15.8 Å². The Hall–Kier alpha value is -2.11. The summed E-state index contributed by atoms with van der Waals surface area (Å²) in [6.45, 7) is 0. The van der Waals surface area contributed by atoms with Gasteiger partial charge in [0, 0.05) is 0 Å². The van der Waals surface area contributed by atoms with Gasteiger partial charge in [-0.15, -0.1) is 0 Å². The zero-order chi connectivity index (χ0) is 16.6. The van der Waals surface area contributed by atoms with Gasteiger partial charge in [0.15, 0.2) is 0 Å². The van der Waals surface area contributed by atoms with Gasteiger partial charge in [-0.05, 0) is 30.3 Å². The van der Waals surface area contributed by atoms with Crippen LogP contribution in [0.15, 0.2) is 42.5 Å². The molecule has 1 aliphatic rings. The van der Waals surface area contributed by atoms with E-state index in [-0.39, 0.29) is 17.1 Å². The number of carbonyl (C=O) groups is 2. The lowest BCUT2D eigenvalue weighted by molar-refractivity contribution is -0.121. The number of amides is 2. The second kappa shape index (κ2) is 6.18. The molecule has 23 heavy (non-hydrogen) atoms. The van der Waals surface area contributed by atoms with E-state index in [4.69, 9.17) is 23.2 Å². The lowest BCUT2D eigenvalue weighted by Gasteiger charge is -2.17. The summed E-state index contributed by atoms with van der Waals surface area (Å²) in [6.07, 6.45) is -0.0435. The molecule has 2 aromatic rings. The molecule has 0 saturated carbocycles. The monoisotopic (exact) mass is 352 g/mol. The normalized spacial score (nSPS) is 17.7. The summed E-state index contributed by atoms with van der Waals surface area (Å²) in [5, 5.41) is 3.54. The van der Waals surface area contributed by atoms with Crippen LogP contribution in [-0.2, 0) is 9.59 Å². The van der Waals surface area contributed by atoms with Crippen molar-refractivity contribution >= 4 is 46.4 Å². The highest BCUT2D eigenvalue weighted by atomic mass is 35.5. The zero-order valence-corrected chi connectivity index (χ0v) is 13.2. The molecule has 1 unspecified atom stereocenters. The molecule has 1 aliphatic heterocycles. The third-order valence-corrected chi connectivity index (χ3v) is 4.31. The molecule has 0 aliphatic carbocycles. The predicted octanol–water partition coefficient (Wildman–Crippen LogP) is 3.88. The Morgan fingerprint density at radius 2 is 1.87 bits per heavy atom. The van der Waals surface area contributed by atoms with Crippen LogP contribution in [0.5, 0.6) is 0 Å². The standard InChI is InChI=1S/C16H11Cl2FN2O2/c17-11-5-2-6-12(15(11)18)20-13-8-14(22)21(16(13)23)10-4-1-3-9(19)7-10/h1-7,13,20H,8H2. The maximum Gasteiger partial charge on any atom is 0.256 e. The van der Waals surface area contributed by atoms with Crippen molar-refractivity contribution in [2.75, 3.05) is 10.2 Å². The van der Waals surface area contributed by atoms with Crippen LogP contribution in [0.1, 0.15) is 6.42 Å². The SMILES string of the molecule is O=C1CC(Nc2cccc(Cl)c2Cl)C(=O)N1c1cccc(F)c1. The van der Waals surface area contributed by atoms with Crippen molar-refractivity contribution in [3.8, 4) is 0 Å². The maximum absolute atomic E-state index is 13.3. The number of imide groups is 1. The second-order valence-electron chi connectivity index (χ2n) is 5.05. The lowest BCUT2D eigenvalue weighted by atomic mass is 10.2. The number of rotatable bonds is 3. The molecular formula is C16H11Cl2FN2O2. The topological polar surface area (TPSA) is 49.4 Å². The Morgan fingerprint density at radius 3 is 2.61 bits per heavy atom. The molecule has 0 spiro atoms. The van der Waals surface area contributed by atoms with Crippen LogP contribution in [0.2, 0.25) is 10.0 Å². The van der Waals surface area contributed by atoms with Gasteiger partial charge in [-0.2, -0.15) is 0 Å². The molecular weight excluding hydrogens is 342 g/mol. The first-order valence-corrected chi connectivity index (χ1v) is 7.56. The van der Waals surface area contributed by atoms with Crippen LogP contribution in [0, 0.1) is 5.82 Å².